The van der Waals surface area contributed by atoms with Gasteiger partial charge in [-0.25, -0.2) is 0 Å². The Kier molecular flexibility index (Phi) is 4.37. The van der Waals surface area contributed by atoms with Crippen molar-refractivity contribution in [2.24, 2.45) is 0 Å². The second-order valence-electron chi connectivity index (χ2n) is 3.57. The van der Waals surface area contributed by atoms with E-state index in [2.05, 4.69) is 22.0 Å². The van der Waals surface area contributed by atoms with Gasteiger partial charge in [-0.15, -0.1) is 11.8 Å². The molecule has 2 rings (SSSR count). The summed E-state index contributed by atoms with van der Waals surface area (Å²) in [5.41, 5.74) is 7.58. The molecule has 0 aromatic heterocycles. The third kappa shape index (κ3) is 3.41. The minimum Gasteiger partial charge on any atom is -0.398 e. The lowest BCUT2D eigenvalue weighted by Crippen LogP contribution is -1.89. The van der Waals surface area contributed by atoms with Crippen molar-refractivity contribution in [1.29, 1.82) is 0 Å². The Hall–Kier alpha value is -0.640. The highest BCUT2D eigenvalue weighted by Crippen LogP contribution is 2.30. The maximum Gasteiger partial charge on any atom is 0.0635 e. The molecule has 0 aliphatic heterocycles. The van der Waals surface area contributed by atoms with Gasteiger partial charge >= 0.3 is 0 Å². The van der Waals surface area contributed by atoms with Crippen molar-refractivity contribution in [1.82, 2.24) is 0 Å². The largest absolute Gasteiger partial charge is 0.398 e. The lowest BCUT2D eigenvalue weighted by Gasteiger charge is -2.05. The fourth-order valence-corrected chi connectivity index (χ4v) is 3.03. The first-order chi connectivity index (χ1) is 8.16. The number of nitrogens with two attached hydrogens (primary N) is 1. The third-order valence-corrected chi connectivity index (χ3v) is 4.73. The highest BCUT2D eigenvalue weighted by molar-refractivity contribution is 9.10. The van der Waals surface area contributed by atoms with Crippen LogP contribution >= 0.6 is 39.3 Å². The average molecular weight is 329 g/mol. The van der Waals surface area contributed by atoms with Crippen molar-refractivity contribution in [3.8, 4) is 0 Å². The van der Waals surface area contributed by atoms with Crippen LogP contribution in [0.1, 0.15) is 5.56 Å². The lowest BCUT2D eigenvalue weighted by molar-refractivity contribution is 1.36. The zero-order chi connectivity index (χ0) is 12.3. The fraction of sp³-hybridized carbons (Fsp3) is 0.0769. The van der Waals surface area contributed by atoms with E-state index in [0.29, 0.717) is 10.7 Å². The first-order valence-corrected chi connectivity index (χ1v) is 7.23. The van der Waals surface area contributed by atoms with Gasteiger partial charge in [0, 0.05) is 15.1 Å². The van der Waals surface area contributed by atoms with Crippen LogP contribution in [0.5, 0.6) is 0 Å². The minimum absolute atomic E-state index is 0.611. The van der Waals surface area contributed by atoms with E-state index in [-0.39, 0.29) is 0 Å². The van der Waals surface area contributed by atoms with E-state index in [0.717, 1.165) is 10.2 Å². The molecule has 2 N–H and O–H groups in total. The SMILES string of the molecule is Nc1cc(CSc2ccccc2Br)ccc1Cl. The lowest BCUT2D eigenvalue weighted by atomic mass is 10.2. The van der Waals surface area contributed by atoms with Gasteiger partial charge < -0.3 is 5.73 Å². The Morgan fingerprint density at radius 1 is 1.18 bits per heavy atom. The molecule has 0 spiro atoms. The number of rotatable bonds is 3. The van der Waals surface area contributed by atoms with Crippen LogP contribution in [0.3, 0.4) is 0 Å². The Morgan fingerprint density at radius 3 is 2.65 bits per heavy atom. The van der Waals surface area contributed by atoms with E-state index in [1.807, 2.05) is 36.4 Å². The van der Waals surface area contributed by atoms with E-state index in [4.69, 9.17) is 17.3 Å². The smallest absolute Gasteiger partial charge is 0.0635 e. The van der Waals surface area contributed by atoms with Crippen LogP contribution < -0.4 is 5.73 Å². The van der Waals surface area contributed by atoms with Gasteiger partial charge in [-0.05, 0) is 45.8 Å². The number of nitrogen functional groups attached to an aromatic ring is 1. The van der Waals surface area contributed by atoms with Crippen molar-refractivity contribution in [2.75, 3.05) is 5.73 Å². The number of halogens is 2. The summed E-state index contributed by atoms with van der Waals surface area (Å²) < 4.78 is 1.12. The molecule has 0 aliphatic rings. The number of anilines is 1. The van der Waals surface area contributed by atoms with Crippen LogP contribution in [0, 0.1) is 0 Å². The molecular weight excluding hydrogens is 318 g/mol. The summed E-state index contributed by atoms with van der Waals surface area (Å²) >= 11 is 11.2. The van der Waals surface area contributed by atoms with Crippen molar-refractivity contribution in [2.45, 2.75) is 10.6 Å². The molecule has 0 atom stereocenters. The summed E-state index contributed by atoms with van der Waals surface area (Å²) in [4.78, 5) is 1.22. The van der Waals surface area contributed by atoms with Crippen molar-refractivity contribution in [3.63, 3.8) is 0 Å². The zero-order valence-electron chi connectivity index (χ0n) is 8.99. The van der Waals surface area contributed by atoms with Gasteiger partial charge in [-0.2, -0.15) is 0 Å². The molecule has 0 unspecified atom stereocenters. The Balaban J connectivity index is 2.08. The molecule has 4 heteroatoms. The number of hydrogen-bond acceptors (Lipinski definition) is 2. The number of hydrogen-bond donors (Lipinski definition) is 1. The first-order valence-electron chi connectivity index (χ1n) is 5.08. The van der Waals surface area contributed by atoms with Crippen LogP contribution in [0.2, 0.25) is 5.02 Å². The van der Waals surface area contributed by atoms with Crippen LogP contribution in [0.4, 0.5) is 5.69 Å². The Morgan fingerprint density at radius 2 is 1.94 bits per heavy atom. The zero-order valence-corrected chi connectivity index (χ0v) is 12.1. The monoisotopic (exact) mass is 327 g/mol. The molecule has 0 fully saturated rings. The fourth-order valence-electron chi connectivity index (χ4n) is 1.41. The van der Waals surface area contributed by atoms with Gasteiger partial charge in [0.1, 0.15) is 0 Å². The van der Waals surface area contributed by atoms with Gasteiger partial charge in [0.25, 0.3) is 0 Å². The molecular formula is C13H11BrClNS. The van der Waals surface area contributed by atoms with Crippen molar-refractivity contribution < 1.29 is 0 Å². The average Bonchev–Trinajstić information content (AvgIpc) is 2.32. The first kappa shape index (κ1) is 12.8. The third-order valence-electron chi connectivity index (χ3n) is 2.29. The van der Waals surface area contributed by atoms with Gasteiger partial charge in [-0.3, -0.25) is 0 Å². The molecule has 88 valence electrons. The molecule has 1 nitrogen and oxygen atoms in total. The predicted molar refractivity (Wildman–Crippen MR) is 79.6 cm³/mol. The predicted octanol–water partition coefficient (Wildman–Crippen LogP) is 4.98. The van der Waals surface area contributed by atoms with E-state index in [1.165, 1.54) is 10.5 Å². The molecule has 0 radical (unpaired) electrons. The van der Waals surface area contributed by atoms with Crippen LogP contribution in [-0.4, -0.2) is 0 Å². The normalized spacial score (nSPS) is 10.5. The topological polar surface area (TPSA) is 26.0 Å². The molecule has 0 heterocycles. The maximum atomic E-state index is 5.88. The summed E-state index contributed by atoms with van der Waals surface area (Å²) in [6.07, 6.45) is 0. The van der Waals surface area contributed by atoms with Gasteiger partial charge in [0.2, 0.25) is 0 Å². The molecule has 2 aromatic carbocycles. The molecule has 17 heavy (non-hydrogen) atoms. The number of benzene rings is 2. The van der Waals surface area contributed by atoms with Crippen LogP contribution in [0.15, 0.2) is 51.8 Å². The Labute approximate surface area is 118 Å². The summed E-state index contributed by atoms with van der Waals surface area (Å²) in [7, 11) is 0. The summed E-state index contributed by atoms with van der Waals surface area (Å²) in [6, 6.07) is 13.9. The van der Waals surface area contributed by atoms with E-state index < -0.39 is 0 Å². The molecule has 0 saturated heterocycles. The van der Waals surface area contributed by atoms with Gasteiger partial charge in [0.15, 0.2) is 0 Å². The molecule has 0 amide bonds. The van der Waals surface area contributed by atoms with Gasteiger partial charge in [-0.1, -0.05) is 29.8 Å². The Bertz CT molecular complexity index is 531. The highest BCUT2D eigenvalue weighted by Gasteiger charge is 2.02. The van der Waals surface area contributed by atoms with E-state index in [9.17, 15) is 0 Å². The highest BCUT2D eigenvalue weighted by atomic mass is 79.9. The quantitative estimate of drug-likeness (QED) is 0.635. The van der Waals surface area contributed by atoms with Crippen LogP contribution in [-0.2, 0) is 5.75 Å². The second kappa shape index (κ2) is 5.80. The summed E-state index contributed by atoms with van der Waals surface area (Å²) in [5, 5.41) is 0.611. The van der Waals surface area contributed by atoms with E-state index in [1.54, 1.807) is 11.8 Å². The maximum absolute atomic E-state index is 5.88. The molecule has 0 bridgehead atoms. The minimum atomic E-state index is 0.611. The van der Waals surface area contributed by atoms with Crippen molar-refractivity contribution in [3.05, 3.63) is 57.5 Å². The van der Waals surface area contributed by atoms with Gasteiger partial charge in [0.05, 0.1) is 10.7 Å². The van der Waals surface area contributed by atoms with E-state index >= 15 is 0 Å². The molecule has 2 aromatic rings. The van der Waals surface area contributed by atoms with Crippen molar-refractivity contribution >= 4 is 45.0 Å². The molecule has 0 saturated carbocycles. The number of thioether (sulfide) groups is 1. The second-order valence-corrected chi connectivity index (χ2v) is 5.85. The standard InChI is InChI=1S/C13H11BrClNS/c14-10-3-1-2-4-13(10)17-8-9-5-6-11(15)12(16)7-9/h1-7H,8,16H2. The summed E-state index contributed by atoms with van der Waals surface area (Å²) in [5.74, 6) is 0.879. The molecule has 0 aliphatic carbocycles. The summed E-state index contributed by atoms with van der Waals surface area (Å²) in [6.45, 7) is 0. The van der Waals surface area contributed by atoms with Crippen LogP contribution in [0.25, 0.3) is 0 Å².